The molecule has 0 bridgehead atoms. The van der Waals surface area contributed by atoms with E-state index in [1.165, 1.54) is 0 Å². The van der Waals surface area contributed by atoms with Crippen molar-refractivity contribution < 1.29 is 4.79 Å². The molecule has 1 amide bonds. The number of nitrogens with one attached hydrogen (secondary N) is 2. The average molecular weight is 417 g/mol. The normalized spacial score (nSPS) is 10.7. The maximum Gasteiger partial charge on any atom is 0.224 e. The van der Waals surface area contributed by atoms with Crippen LogP contribution >= 0.6 is 11.6 Å². The van der Waals surface area contributed by atoms with Crippen molar-refractivity contribution in [1.82, 2.24) is 15.3 Å². The van der Waals surface area contributed by atoms with E-state index in [-0.39, 0.29) is 5.91 Å². The Hall–Kier alpha value is -3.57. The first kappa shape index (κ1) is 19.7. The van der Waals surface area contributed by atoms with Gasteiger partial charge in [0.15, 0.2) is 5.95 Å². The minimum Gasteiger partial charge on any atom is -0.369 e. The second-order valence-electron chi connectivity index (χ2n) is 7.04. The Bertz CT molecular complexity index is 1130. The summed E-state index contributed by atoms with van der Waals surface area (Å²) >= 11 is 5.94. The lowest BCUT2D eigenvalue weighted by Crippen LogP contribution is -2.24. The van der Waals surface area contributed by atoms with Crippen LogP contribution in [0.3, 0.4) is 0 Å². The van der Waals surface area contributed by atoms with Crippen molar-refractivity contribution in [2.24, 2.45) is 0 Å². The second-order valence-corrected chi connectivity index (χ2v) is 7.47. The van der Waals surface area contributed by atoms with Gasteiger partial charge in [0, 0.05) is 11.6 Å². The summed E-state index contributed by atoms with van der Waals surface area (Å²) in [7, 11) is 0. The first-order valence-electron chi connectivity index (χ1n) is 9.58. The van der Waals surface area contributed by atoms with E-state index in [1.807, 2.05) is 72.8 Å². The molecule has 0 radical (unpaired) electrons. The van der Waals surface area contributed by atoms with Crippen LogP contribution in [0.25, 0.3) is 22.4 Å². The van der Waals surface area contributed by atoms with Crippen LogP contribution < -0.4 is 11.1 Å². The standard InChI is InChI=1S/C24H21ClN4O/c25-21-11-9-19(10-12-21)18-5-1-16(2-6-18)13-23(30)27-14-17-3-7-20(8-4-17)22-15-28-24(26)29-22/h1-12,15H,13-14H2,(H,27,30)(H3,26,28,29). The van der Waals surface area contributed by atoms with E-state index in [9.17, 15) is 4.79 Å². The maximum absolute atomic E-state index is 12.3. The van der Waals surface area contributed by atoms with E-state index >= 15 is 0 Å². The van der Waals surface area contributed by atoms with Gasteiger partial charge in [0.2, 0.25) is 5.91 Å². The highest BCUT2D eigenvalue weighted by Gasteiger charge is 2.06. The van der Waals surface area contributed by atoms with Crippen LogP contribution in [0.1, 0.15) is 11.1 Å². The van der Waals surface area contributed by atoms with Crippen LogP contribution in [0.4, 0.5) is 5.95 Å². The Morgan fingerprint density at radius 1 is 0.867 bits per heavy atom. The number of nitrogen functional groups attached to an aromatic ring is 1. The molecule has 4 N–H and O–H groups in total. The fourth-order valence-electron chi connectivity index (χ4n) is 3.19. The van der Waals surface area contributed by atoms with Gasteiger partial charge in [-0.3, -0.25) is 4.79 Å². The van der Waals surface area contributed by atoms with Crippen molar-refractivity contribution in [2.45, 2.75) is 13.0 Å². The molecule has 0 unspecified atom stereocenters. The van der Waals surface area contributed by atoms with Gasteiger partial charge >= 0.3 is 0 Å². The van der Waals surface area contributed by atoms with E-state index in [2.05, 4.69) is 15.3 Å². The maximum atomic E-state index is 12.3. The third-order valence-electron chi connectivity index (χ3n) is 4.85. The lowest BCUT2D eigenvalue weighted by atomic mass is 10.0. The zero-order valence-electron chi connectivity index (χ0n) is 16.2. The number of anilines is 1. The molecule has 150 valence electrons. The summed E-state index contributed by atoms with van der Waals surface area (Å²) < 4.78 is 0. The third kappa shape index (κ3) is 4.88. The van der Waals surface area contributed by atoms with Gasteiger partial charge in [-0.15, -0.1) is 0 Å². The smallest absolute Gasteiger partial charge is 0.224 e. The summed E-state index contributed by atoms with van der Waals surface area (Å²) in [5, 5.41) is 3.69. The summed E-state index contributed by atoms with van der Waals surface area (Å²) in [4.78, 5) is 19.3. The van der Waals surface area contributed by atoms with E-state index in [1.54, 1.807) is 6.20 Å². The van der Waals surface area contributed by atoms with Crippen molar-refractivity contribution in [1.29, 1.82) is 0 Å². The number of halogens is 1. The molecular formula is C24H21ClN4O. The first-order valence-corrected chi connectivity index (χ1v) is 9.96. The molecule has 0 aliphatic heterocycles. The molecule has 30 heavy (non-hydrogen) atoms. The van der Waals surface area contributed by atoms with E-state index in [0.29, 0.717) is 23.9 Å². The lowest BCUT2D eigenvalue weighted by molar-refractivity contribution is -0.120. The molecule has 4 aromatic rings. The number of hydrogen-bond donors (Lipinski definition) is 3. The van der Waals surface area contributed by atoms with Gasteiger partial charge in [-0.2, -0.15) is 0 Å². The van der Waals surface area contributed by atoms with Gasteiger partial charge in [0.05, 0.1) is 18.3 Å². The highest BCUT2D eigenvalue weighted by atomic mass is 35.5. The summed E-state index contributed by atoms with van der Waals surface area (Å²) in [5.74, 6) is 0.377. The summed E-state index contributed by atoms with van der Waals surface area (Å²) in [6.07, 6.45) is 2.04. The fourth-order valence-corrected chi connectivity index (χ4v) is 3.32. The molecule has 0 saturated carbocycles. The molecule has 3 aromatic carbocycles. The number of nitrogens with two attached hydrogens (primary N) is 1. The van der Waals surface area contributed by atoms with Crippen molar-refractivity contribution in [3.05, 3.63) is 95.1 Å². The van der Waals surface area contributed by atoms with Gasteiger partial charge in [-0.05, 0) is 39.9 Å². The van der Waals surface area contributed by atoms with Crippen LogP contribution in [0.15, 0.2) is 79.0 Å². The van der Waals surface area contributed by atoms with Gasteiger partial charge in [0.1, 0.15) is 0 Å². The Labute approximate surface area is 179 Å². The number of rotatable bonds is 6. The van der Waals surface area contributed by atoms with E-state index in [0.717, 1.165) is 33.5 Å². The molecular weight excluding hydrogens is 396 g/mol. The molecule has 0 fully saturated rings. The zero-order valence-corrected chi connectivity index (χ0v) is 17.0. The van der Waals surface area contributed by atoms with E-state index in [4.69, 9.17) is 17.3 Å². The number of H-pyrrole nitrogens is 1. The van der Waals surface area contributed by atoms with Gasteiger partial charge < -0.3 is 16.0 Å². The number of hydrogen-bond acceptors (Lipinski definition) is 3. The van der Waals surface area contributed by atoms with Gasteiger partial charge in [0.25, 0.3) is 0 Å². The Kier molecular flexibility index (Phi) is 5.82. The quantitative estimate of drug-likeness (QED) is 0.420. The molecule has 6 heteroatoms. The Morgan fingerprint density at radius 2 is 1.43 bits per heavy atom. The molecule has 0 saturated heterocycles. The molecule has 1 heterocycles. The number of amides is 1. The predicted molar refractivity (Wildman–Crippen MR) is 121 cm³/mol. The average Bonchev–Trinajstić information content (AvgIpc) is 3.20. The molecule has 0 spiro atoms. The molecule has 0 aliphatic rings. The molecule has 4 rings (SSSR count). The highest BCUT2D eigenvalue weighted by molar-refractivity contribution is 6.30. The predicted octanol–water partition coefficient (Wildman–Crippen LogP) is 4.84. The molecule has 0 aliphatic carbocycles. The van der Waals surface area contributed by atoms with Crippen molar-refractivity contribution in [2.75, 3.05) is 5.73 Å². The van der Waals surface area contributed by atoms with Crippen LogP contribution in [0, 0.1) is 0 Å². The summed E-state index contributed by atoms with van der Waals surface area (Å²) in [6.45, 7) is 0.479. The largest absolute Gasteiger partial charge is 0.369 e. The number of nitrogens with zero attached hydrogens (tertiary/aromatic N) is 1. The van der Waals surface area contributed by atoms with Gasteiger partial charge in [-0.25, -0.2) is 4.98 Å². The van der Waals surface area contributed by atoms with Crippen LogP contribution in [-0.2, 0) is 17.8 Å². The van der Waals surface area contributed by atoms with Gasteiger partial charge in [-0.1, -0.05) is 72.3 Å². The Balaban J connectivity index is 1.31. The number of carbonyl (C=O) groups excluding carboxylic acids is 1. The van der Waals surface area contributed by atoms with E-state index < -0.39 is 0 Å². The molecule has 0 atom stereocenters. The number of imidazole rings is 1. The number of benzene rings is 3. The third-order valence-corrected chi connectivity index (χ3v) is 5.10. The van der Waals surface area contributed by atoms with Crippen LogP contribution in [0.2, 0.25) is 5.02 Å². The monoisotopic (exact) mass is 416 g/mol. The minimum atomic E-state index is -0.0142. The number of aromatic nitrogens is 2. The van der Waals surface area contributed by atoms with Crippen molar-refractivity contribution in [3.8, 4) is 22.4 Å². The second kappa shape index (κ2) is 8.84. The summed E-state index contributed by atoms with van der Waals surface area (Å²) in [5.41, 5.74) is 11.7. The summed E-state index contributed by atoms with van der Waals surface area (Å²) in [6, 6.07) is 23.6. The number of carbonyl (C=O) groups is 1. The van der Waals surface area contributed by atoms with Crippen molar-refractivity contribution >= 4 is 23.5 Å². The number of aromatic amines is 1. The molecule has 1 aromatic heterocycles. The Morgan fingerprint density at radius 3 is 2.03 bits per heavy atom. The topological polar surface area (TPSA) is 83.8 Å². The van der Waals surface area contributed by atoms with Crippen molar-refractivity contribution in [3.63, 3.8) is 0 Å². The highest BCUT2D eigenvalue weighted by Crippen LogP contribution is 2.22. The minimum absolute atomic E-state index is 0.0142. The fraction of sp³-hybridized carbons (Fsp3) is 0.0833. The lowest BCUT2D eigenvalue weighted by Gasteiger charge is -2.08. The van der Waals surface area contributed by atoms with Crippen LogP contribution in [-0.4, -0.2) is 15.9 Å². The first-order chi connectivity index (χ1) is 14.6. The van der Waals surface area contributed by atoms with Crippen LogP contribution in [0.5, 0.6) is 0 Å². The molecule has 5 nitrogen and oxygen atoms in total. The zero-order chi connectivity index (χ0) is 20.9. The SMILES string of the molecule is Nc1ncc(-c2ccc(CNC(=O)Cc3ccc(-c4ccc(Cl)cc4)cc3)cc2)[nH]1.